The van der Waals surface area contributed by atoms with Crippen LogP contribution in [0.5, 0.6) is 5.75 Å². The highest BCUT2D eigenvalue weighted by Crippen LogP contribution is 2.34. The summed E-state index contributed by atoms with van der Waals surface area (Å²) < 4.78 is 5.55. The highest BCUT2D eigenvalue weighted by atomic mass is 35.5. The maximum Gasteiger partial charge on any atom is 0.139 e. The highest BCUT2D eigenvalue weighted by Gasteiger charge is 2.07. The summed E-state index contributed by atoms with van der Waals surface area (Å²) in [6, 6.07) is 6.64. The molecule has 0 aliphatic carbocycles. The predicted octanol–water partition coefficient (Wildman–Crippen LogP) is 5.27. The number of rotatable bonds is 3. The number of halogens is 4. The molecule has 0 N–H and O–H groups in total. The molecular weight excluding hydrogens is 316 g/mol. The zero-order valence-electron chi connectivity index (χ0n) is 8.96. The molecule has 2 nitrogen and oxygen atoms in total. The standard InChI is InChI=1S/C12H7Cl4NO/c13-8-4-10(15)11(5-9(8)14)18-6-7-1-2-17-12(16)3-7/h1-5H,6H2. The van der Waals surface area contributed by atoms with Gasteiger partial charge in [0, 0.05) is 12.3 Å². The van der Waals surface area contributed by atoms with Crippen LogP contribution in [0.15, 0.2) is 30.5 Å². The fourth-order valence-electron chi connectivity index (χ4n) is 1.31. The molecule has 18 heavy (non-hydrogen) atoms. The average Bonchev–Trinajstić information content (AvgIpc) is 2.32. The Morgan fingerprint density at radius 1 is 0.944 bits per heavy atom. The summed E-state index contributed by atoms with van der Waals surface area (Å²) in [4.78, 5) is 3.88. The highest BCUT2D eigenvalue weighted by molar-refractivity contribution is 6.43. The zero-order valence-corrected chi connectivity index (χ0v) is 12.0. The first-order valence-electron chi connectivity index (χ1n) is 4.94. The van der Waals surface area contributed by atoms with Crippen molar-refractivity contribution in [2.45, 2.75) is 6.61 Å². The molecule has 94 valence electrons. The van der Waals surface area contributed by atoms with Crippen molar-refractivity contribution >= 4 is 46.4 Å². The van der Waals surface area contributed by atoms with E-state index in [9.17, 15) is 0 Å². The summed E-state index contributed by atoms with van der Waals surface area (Å²) in [5, 5.41) is 1.60. The maximum atomic E-state index is 5.99. The van der Waals surface area contributed by atoms with E-state index in [1.807, 2.05) is 0 Å². The smallest absolute Gasteiger partial charge is 0.139 e. The maximum absolute atomic E-state index is 5.99. The van der Waals surface area contributed by atoms with Gasteiger partial charge < -0.3 is 4.74 Å². The van der Waals surface area contributed by atoms with Crippen molar-refractivity contribution in [1.82, 2.24) is 4.98 Å². The molecule has 0 aliphatic rings. The van der Waals surface area contributed by atoms with E-state index in [1.165, 1.54) is 0 Å². The Hall–Kier alpha value is -0.670. The van der Waals surface area contributed by atoms with Crippen molar-refractivity contribution in [3.05, 3.63) is 56.2 Å². The minimum absolute atomic E-state index is 0.319. The van der Waals surface area contributed by atoms with Gasteiger partial charge in [-0.25, -0.2) is 4.98 Å². The van der Waals surface area contributed by atoms with Gasteiger partial charge in [-0.2, -0.15) is 0 Å². The first-order chi connectivity index (χ1) is 8.56. The molecule has 1 heterocycles. The number of ether oxygens (including phenoxy) is 1. The van der Waals surface area contributed by atoms with Crippen molar-refractivity contribution < 1.29 is 4.74 Å². The van der Waals surface area contributed by atoms with Gasteiger partial charge in [-0.1, -0.05) is 46.4 Å². The van der Waals surface area contributed by atoms with Crippen LogP contribution < -0.4 is 4.74 Å². The monoisotopic (exact) mass is 321 g/mol. The molecule has 0 saturated carbocycles. The average molecular weight is 323 g/mol. The molecule has 6 heteroatoms. The van der Waals surface area contributed by atoms with Crippen molar-refractivity contribution in [2.75, 3.05) is 0 Å². The number of pyridine rings is 1. The number of nitrogens with zero attached hydrogens (tertiary/aromatic N) is 1. The van der Waals surface area contributed by atoms with Gasteiger partial charge in [0.05, 0.1) is 15.1 Å². The van der Waals surface area contributed by atoms with Crippen LogP contribution in [0.25, 0.3) is 0 Å². The molecule has 0 aliphatic heterocycles. The molecule has 0 atom stereocenters. The second kappa shape index (κ2) is 5.98. The Morgan fingerprint density at radius 3 is 2.39 bits per heavy atom. The van der Waals surface area contributed by atoms with E-state index in [4.69, 9.17) is 51.1 Å². The van der Waals surface area contributed by atoms with Crippen LogP contribution in [-0.2, 0) is 6.61 Å². The van der Waals surface area contributed by atoms with E-state index >= 15 is 0 Å². The van der Waals surface area contributed by atoms with Crippen LogP contribution in [0.2, 0.25) is 20.2 Å². The van der Waals surface area contributed by atoms with Crippen LogP contribution in [0.3, 0.4) is 0 Å². The minimum Gasteiger partial charge on any atom is -0.487 e. The van der Waals surface area contributed by atoms with Gasteiger partial charge in [-0.15, -0.1) is 0 Å². The first kappa shape index (κ1) is 13.8. The second-order valence-electron chi connectivity index (χ2n) is 3.47. The summed E-state index contributed by atoms with van der Waals surface area (Å²) in [7, 11) is 0. The summed E-state index contributed by atoms with van der Waals surface area (Å²) in [5.41, 5.74) is 0.886. The Morgan fingerprint density at radius 2 is 1.67 bits per heavy atom. The predicted molar refractivity (Wildman–Crippen MR) is 75.1 cm³/mol. The molecule has 0 unspecified atom stereocenters. The number of benzene rings is 1. The summed E-state index contributed by atoms with van der Waals surface area (Å²) in [5.74, 6) is 0.471. The molecule has 2 rings (SSSR count). The largest absolute Gasteiger partial charge is 0.487 e. The molecule has 1 aromatic carbocycles. The Bertz CT molecular complexity index is 574. The lowest BCUT2D eigenvalue weighted by Gasteiger charge is -2.09. The topological polar surface area (TPSA) is 22.1 Å². The summed E-state index contributed by atoms with van der Waals surface area (Å²) in [6.45, 7) is 0.319. The lowest BCUT2D eigenvalue weighted by Crippen LogP contribution is -1.96. The van der Waals surface area contributed by atoms with E-state index in [0.29, 0.717) is 32.6 Å². The number of hydrogen-bond donors (Lipinski definition) is 0. The van der Waals surface area contributed by atoms with Gasteiger partial charge in [-0.05, 0) is 23.8 Å². The third-order valence-electron chi connectivity index (χ3n) is 2.16. The molecule has 2 aromatic rings. The Kier molecular flexibility index (Phi) is 4.57. The van der Waals surface area contributed by atoms with E-state index in [1.54, 1.807) is 30.5 Å². The second-order valence-corrected chi connectivity index (χ2v) is 5.08. The van der Waals surface area contributed by atoms with E-state index < -0.39 is 0 Å². The van der Waals surface area contributed by atoms with Gasteiger partial charge in [0.1, 0.15) is 17.5 Å². The fourth-order valence-corrected chi connectivity index (χ4v) is 2.10. The molecule has 0 bridgehead atoms. The zero-order chi connectivity index (χ0) is 13.1. The van der Waals surface area contributed by atoms with Crippen LogP contribution >= 0.6 is 46.4 Å². The van der Waals surface area contributed by atoms with Gasteiger partial charge in [0.2, 0.25) is 0 Å². The fraction of sp³-hybridized carbons (Fsp3) is 0.0833. The van der Waals surface area contributed by atoms with Crippen LogP contribution in [0, 0.1) is 0 Å². The molecule has 0 spiro atoms. The lowest BCUT2D eigenvalue weighted by atomic mass is 10.3. The number of aromatic nitrogens is 1. The van der Waals surface area contributed by atoms with E-state index in [2.05, 4.69) is 4.98 Å². The van der Waals surface area contributed by atoms with Crippen molar-refractivity contribution in [3.8, 4) is 5.75 Å². The van der Waals surface area contributed by atoms with Crippen molar-refractivity contribution in [3.63, 3.8) is 0 Å². The molecule has 0 radical (unpaired) electrons. The third kappa shape index (κ3) is 3.42. The van der Waals surface area contributed by atoms with Crippen LogP contribution in [0.1, 0.15) is 5.56 Å². The molecular formula is C12H7Cl4NO. The van der Waals surface area contributed by atoms with Crippen LogP contribution in [-0.4, -0.2) is 4.98 Å². The quantitative estimate of drug-likeness (QED) is 0.567. The van der Waals surface area contributed by atoms with Crippen molar-refractivity contribution in [1.29, 1.82) is 0 Å². The lowest BCUT2D eigenvalue weighted by molar-refractivity contribution is 0.306. The van der Waals surface area contributed by atoms with Gasteiger partial charge in [0.25, 0.3) is 0 Å². The van der Waals surface area contributed by atoms with Crippen LogP contribution in [0.4, 0.5) is 0 Å². The minimum atomic E-state index is 0.319. The van der Waals surface area contributed by atoms with E-state index in [-0.39, 0.29) is 0 Å². The normalized spacial score (nSPS) is 10.4. The van der Waals surface area contributed by atoms with Gasteiger partial charge in [0.15, 0.2) is 0 Å². The Labute approximate surface area is 124 Å². The molecule has 1 aromatic heterocycles. The first-order valence-corrected chi connectivity index (χ1v) is 6.45. The van der Waals surface area contributed by atoms with Gasteiger partial charge >= 0.3 is 0 Å². The number of hydrogen-bond acceptors (Lipinski definition) is 2. The summed E-state index contributed by atoms with van der Waals surface area (Å²) >= 11 is 23.5. The summed E-state index contributed by atoms with van der Waals surface area (Å²) in [6.07, 6.45) is 1.61. The Balaban J connectivity index is 2.13. The van der Waals surface area contributed by atoms with E-state index in [0.717, 1.165) is 5.56 Å². The SMILES string of the molecule is Clc1cc(COc2cc(Cl)c(Cl)cc2Cl)ccn1. The third-order valence-corrected chi connectivity index (χ3v) is 3.38. The molecule has 0 saturated heterocycles. The van der Waals surface area contributed by atoms with Gasteiger partial charge in [-0.3, -0.25) is 0 Å². The van der Waals surface area contributed by atoms with Crippen molar-refractivity contribution in [2.24, 2.45) is 0 Å². The molecule has 0 fully saturated rings. The molecule has 0 amide bonds.